The zero-order chi connectivity index (χ0) is 31.5. The van der Waals surface area contributed by atoms with Gasteiger partial charge in [0.2, 0.25) is 4.80 Å². The molecular weight excluding hydrogens is 631 g/mol. The molecule has 1 atom stereocenters. The minimum atomic E-state index is -0.580. The minimum absolute atomic E-state index is 0.0605. The van der Waals surface area contributed by atoms with Gasteiger partial charge in [-0.05, 0) is 61.6 Å². The molecule has 0 aliphatic carbocycles. The molecule has 2 heterocycles. The lowest BCUT2D eigenvalue weighted by Gasteiger charge is -2.30. The lowest BCUT2D eigenvalue weighted by atomic mass is 10.1. The van der Waals surface area contributed by atoms with Crippen LogP contribution in [0.5, 0.6) is 0 Å². The van der Waals surface area contributed by atoms with Gasteiger partial charge in [0.15, 0.2) is 0 Å². The Morgan fingerprint density at radius 3 is 2.44 bits per heavy atom. The van der Waals surface area contributed by atoms with Gasteiger partial charge in [0, 0.05) is 36.3 Å². The molecule has 0 spiro atoms. The van der Waals surface area contributed by atoms with Crippen LogP contribution >= 0.6 is 46.5 Å². The molecule has 0 radical (unpaired) electrons. The molecule has 4 rings (SSSR count). The van der Waals surface area contributed by atoms with Crippen LogP contribution in [-0.4, -0.2) is 50.9 Å². The first-order valence-electron chi connectivity index (χ1n) is 14.1. The Bertz CT molecular complexity index is 1510. The molecule has 0 saturated carbocycles. The van der Waals surface area contributed by atoms with Crippen molar-refractivity contribution in [3.63, 3.8) is 0 Å². The van der Waals surface area contributed by atoms with Crippen molar-refractivity contribution in [1.29, 1.82) is 0 Å². The number of nitrogens with zero attached hydrogens (tertiary/aromatic N) is 4. The zero-order valence-corrected chi connectivity index (χ0v) is 28.3. The van der Waals surface area contributed by atoms with Crippen molar-refractivity contribution in [3.8, 4) is 0 Å². The van der Waals surface area contributed by atoms with Crippen molar-refractivity contribution in [1.82, 2.24) is 14.3 Å². The van der Waals surface area contributed by atoms with Crippen molar-refractivity contribution in [2.75, 3.05) is 19.4 Å². The van der Waals surface area contributed by atoms with E-state index < -0.39 is 11.8 Å². The zero-order valence-electron chi connectivity index (χ0n) is 25.0. The first-order chi connectivity index (χ1) is 20.5. The fraction of sp³-hybridized carbons (Fsp3) is 0.467. The van der Waals surface area contributed by atoms with Crippen molar-refractivity contribution < 1.29 is 18.7 Å². The molecule has 234 valence electrons. The van der Waals surface area contributed by atoms with Gasteiger partial charge < -0.3 is 9.64 Å². The average molecular weight is 669 g/mol. The second-order valence-electron chi connectivity index (χ2n) is 10.1. The molecular formula is C30H38ClFN4O4S3. The normalized spacial score (nSPS) is 13.6. The monoisotopic (exact) mass is 668 g/mol. The highest BCUT2D eigenvalue weighted by molar-refractivity contribution is 8.12. The fourth-order valence-corrected chi connectivity index (χ4v) is 7.11. The molecule has 2 aromatic carbocycles. The SMILES string of the molecule is CCN(C(=O)SCc1ccccc1)C(C)C(C)C.COC(=O)CSc1cc(N=c2sc(=O)n3n2CCCC3)c(F)cc1Cl. The van der Waals surface area contributed by atoms with E-state index in [2.05, 4.69) is 42.6 Å². The van der Waals surface area contributed by atoms with Gasteiger partial charge in [-0.25, -0.2) is 14.1 Å². The Hall–Kier alpha value is -2.54. The molecule has 8 nitrogen and oxygen atoms in total. The van der Waals surface area contributed by atoms with Gasteiger partial charge in [-0.3, -0.25) is 19.1 Å². The standard InChI is InChI=1S/C15H15ClFN3O3S2.C15H23NOS/c1-23-13(21)8-24-12-7-11(10(17)6-9(12)16)18-14-19-4-2-3-5-20(19)15(22)25-14;1-5-16(13(4)12(2)3)15(17)18-11-14-9-7-6-8-10-14/h6-7H,2-5,8H2,1H3;6-10,12-13H,5,11H2,1-4H3. The maximum Gasteiger partial charge on any atom is 0.325 e. The first kappa shape index (κ1) is 34.9. The highest BCUT2D eigenvalue weighted by Crippen LogP contribution is 2.33. The largest absolute Gasteiger partial charge is 0.468 e. The number of rotatable bonds is 9. The van der Waals surface area contributed by atoms with Gasteiger partial charge >= 0.3 is 10.8 Å². The molecule has 1 amide bonds. The number of methoxy groups -OCH3 is 1. The number of carbonyl (C=O) groups excluding carboxylic acids is 2. The number of hydrogen-bond acceptors (Lipinski definition) is 8. The molecule has 0 N–H and O–H groups in total. The summed E-state index contributed by atoms with van der Waals surface area (Å²) < 4.78 is 22.3. The average Bonchev–Trinajstić information content (AvgIpc) is 3.32. The molecule has 13 heteroatoms. The third-order valence-electron chi connectivity index (χ3n) is 6.92. The number of hydrogen-bond donors (Lipinski definition) is 0. The van der Waals surface area contributed by atoms with Crippen LogP contribution in [0.4, 0.5) is 14.9 Å². The van der Waals surface area contributed by atoms with E-state index in [1.807, 2.05) is 30.0 Å². The third-order valence-corrected chi connectivity index (χ3v) is 10.2. The molecule has 3 aromatic rings. The summed E-state index contributed by atoms with van der Waals surface area (Å²) in [5, 5.41) is 0.382. The molecule has 1 unspecified atom stereocenters. The van der Waals surface area contributed by atoms with E-state index in [0.29, 0.717) is 34.7 Å². The summed E-state index contributed by atoms with van der Waals surface area (Å²) in [6, 6.07) is 13.1. The van der Waals surface area contributed by atoms with Crippen molar-refractivity contribution >= 4 is 63.4 Å². The van der Waals surface area contributed by atoms with Crippen LogP contribution in [0.15, 0.2) is 57.1 Å². The second-order valence-corrected chi connectivity index (χ2v) is 13.4. The van der Waals surface area contributed by atoms with Crippen LogP contribution in [0.1, 0.15) is 46.1 Å². The van der Waals surface area contributed by atoms with Crippen LogP contribution < -0.4 is 9.67 Å². The molecule has 1 aromatic heterocycles. The number of carbonyl (C=O) groups is 2. The van der Waals surface area contributed by atoms with Crippen molar-refractivity contribution in [2.45, 2.75) is 70.3 Å². The van der Waals surface area contributed by atoms with Crippen LogP contribution in [0.25, 0.3) is 0 Å². The van der Waals surface area contributed by atoms with E-state index in [0.717, 1.165) is 54.3 Å². The molecule has 0 fully saturated rings. The quantitative estimate of drug-likeness (QED) is 0.177. The van der Waals surface area contributed by atoms with E-state index >= 15 is 0 Å². The number of amides is 1. The Kier molecular flexibility index (Phi) is 13.9. The van der Waals surface area contributed by atoms with Crippen molar-refractivity contribution in [3.05, 3.63) is 73.3 Å². The summed E-state index contributed by atoms with van der Waals surface area (Å²) in [5.74, 6) is 0.320. The lowest BCUT2D eigenvalue weighted by Crippen LogP contribution is -2.39. The number of halogens is 2. The van der Waals surface area contributed by atoms with Gasteiger partial charge in [-0.1, -0.05) is 67.5 Å². The molecule has 0 saturated heterocycles. The Labute approximate surface area is 269 Å². The predicted molar refractivity (Wildman–Crippen MR) is 175 cm³/mol. The van der Waals surface area contributed by atoms with Crippen LogP contribution in [-0.2, 0) is 28.4 Å². The number of thioether (sulfide) groups is 2. The van der Waals surface area contributed by atoms with Crippen molar-refractivity contribution in [2.24, 2.45) is 10.9 Å². The third kappa shape index (κ3) is 9.99. The van der Waals surface area contributed by atoms with E-state index in [4.69, 9.17) is 11.6 Å². The second kappa shape index (κ2) is 17.1. The highest BCUT2D eigenvalue weighted by atomic mass is 35.5. The topological polar surface area (TPSA) is 85.9 Å². The number of esters is 1. The van der Waals surface area contributed by atoms with E-state index in [1.165, 1.54) is 30.5 Å². The van der Waals surface area contributed by atoms with E-state index in [1.54, 1.807) is 9.36 Å². The number of ether oxygens (including phenoxy) is 1. The smallest absolute Gasteiger partial charge is 0.325 e. The van der Waals surface area contributed by atoms with Crippen LogP contribution in [0.3, 0.4) is 0 Å². The number of benzene rings is 2. The van der Waals surface area contributed by atoms with Crippen LogP contribution in [0.2, 0.25) is 5.02 Å². The first-order valence-corrected chi connectivity index (χ1v) is 17.2. The van der Waals surface area contributed by atoms with Gasteiger partial charge in [-0.2, -0.15) is 0 Å². The maximum atomic E-state index is 14.3. The molecule has 1 aliphatic heterocycles. The summed E-state index contributed by atoms with van der Waals surface area (Å²) in [5.41, 5.74) is 1.28. The summed E-state index contributed by atoms with van der Waals surface area (Å²) in [6.45, 7) is 10.6. The highest BCUT2D eigenvalue weighted by Gasteiger charge is 2.21. The molecule has 43 heavy (non-hydrogen) atoms. The lowest BCUT2D eigenvalue weighted by molar-refractivity contribution is -0.137. The van der Waals surface area contributed by atoms with Gasteiger partial charge in [0.1, 0.15) is 11.5 Å². The maximum absolute atomic E-state index is 14.3. The summed E-state index contributed by atoms with van der Waals surface area (Å²) in [7, 11) is 1.30. The van der Waals surface area contributed by atoms with Gasteiger partial charge in [0.25, 0.3) is 5.24 Å². The van der Waals surface area contributed by atoms with Gasteiger partial charge in [0.05, 0.1) is 17.9 Å². The van der Waals surface area contributed by atoms with Crippen LogP contribution in [0, 0.1) is 11.7 Å². The number of fused-ring (bicyclic) bond motifs is 1. The molecule has 1 aliphatic rings. The van der Waals surface area contributed by atoms with Gasteiger partial charge in [-0.15, -0.1) is 11.8 Å². The minimum Gasteiger partial charge on any atom is -0.468 e. The summed E-state index contributed by atoms with van der Waals surface area (Å²) in [6.07, 6.45) is 1.90. The fourth-order valence-electron chi connectivity index (χ4n) is 4.18. The summed E-state index contributed by atoms with van der Waals surface area (Å²) >= 11 is 9.57. The van der Waals surface area contributed by atoms with E-state index in [-0.39, 0.29) is 26.6 Å². The molecule has 0 bridgehead atoms. The predicted octanol–water partition coefficient (Wildman–Crippen LogP) is 7.20. The number of aromatic nitrogens is 2. The Morgan fingerprint density at radius 1 is 1.14 bits per heavy atom. The Morgan fingerprint density at radius 2 is 1.81 bits per heavy atom. The summed E-state index contributed by atoms with van der Waals surface area (Å²) in [4.78, 5) is 42.6. The Balaban J connectivity index is 0.000000250. The van der Waals surface area contributed by atoms with E-state index in [9.17, 15) is 18.8 Å².